The zero-order chi connectivity index (χ0) is 11.3. The zero-order valence-electron chi connectivity index (χ0n) is 10.2. The predicted octanol–water partition coefficient (Wildman–Crippen LogP) is 2.98. The summed E-state index contributed by atoms with van der Waals surface area (Å²) in [6.07, 6.45) is 3.76. The molecule has 3 heteroatoms. The van der Waals surface area contributed by atoms with Crippen molar-refractivity contribution in [3.05, 3.63) is 17.6 Å². The van der Waals surface area contributed by atoms with Crippen molar-refractivity contribution in [2.75, 3.05) is 11.9 Å². The number of hydrogen-bond acceptors (Lipinski definition) is 3. The van der Waals surface area contributed by atoms with E-state index in [2.05, 4.69) is 43.0 Å². The van der Waals surface area contributed by atoms with Crippen LogP contribution in [-0.2, 0) is 6.42 Å². The molecule has 0 amide bonds. The van der Waals surface area contributed by atoms with Gasteiger partial charge in [0.25, 0.3) is 0 Å². The van der Waals surface area contributed by atoms with Gasteiger partial charge in [0.2, 0.25) is 0 Å². The molecule has 0 aromatic carbocycles. The van der Waals surface area contributed by atoms with Crippen LogP contribution < -0.4 is 5.32 Å². The molecule has 1 heterocycles. The van der Waals surface area contributed by atoms with E-state index in [4.69, 9.17) is 0 Å². The fraction of sp³-hybridized carbons (Fsp3) is 0.667. The zero-order valence-corrected chi connectivity index (χ0v) is 10.2. The predicted molar refractivity (Wildman–Crippen MR) is 64.3 cm³/mol. The molecule has 1 aromatic rings. The molecule has 0 saturated carbocycles. The average Bonchev–Trinajstić information content (AvgIpc) is 2.25. The molecule has 0 atom stereocenters. The Morgan fingerprint density at radius 1 is 1.27 bits per heavy atom. The van der Waals surface area contributed by atoms with Crippen LogP contribution in [0.15, 0.2) is 6.33 Å². The van der Waals surface area contributed by atoms with Gasteiger partial charge in [0.1, 0.15) is 12.1 Å². The maximum absolute atomic E-state index is 4.37. The van der Waals surface area contributed by atoms with Crippen LogP contribution in [0.25, 0.3) is 0 Å². The fourth-order valence-electron chi connectivity index (χ4n) is 1.67. The van der Waals surface area contributed by atoms with Crippen LogP contribution in [0.2, 0.25) is 0 Å². The Balaban J connectivity index is 2.99. The molecule has 0 spiro atoms. The van der Waals surface area contributed by atoms with E-state index in [9.17, 15) is 0 Å². The molecule has 0 fully saturated rings. The van der Waals surface area contributed by atoms with Crippen LogP contribution in [0, 0.1) is 0 Å². The minimum atomic E-state index is 0.463. The van der Waals surface area contributed by atoms with Crippen molar-refractivity contribution in [3.8, 4) is 0 Å². The van der Waals surface area contributed by atoms with Gasteiger partial charge in [-0.05, 0) is 18.8 Å². The number of aromatic nitrogens is 2. The Kier molecular flexibility index (Phi) is 4.53. The monoisotopic (exact) mass is 207 g/mol. The van der Waals surface area contributed by atoms with Gasteiger partial charge in [-0.3, -0.25) is 0 Å². The molecule has 84 valence electrons. The van der Waals surface area contributed by atoms with E-state index < -0.39 is 0 Å². The Hall–Kier alpha value is -1.12. The molecule has 0 saturated heterocycles. The number of rotatable bonds is 5. The van der Waals surface area contributed by atoms with Crippen molar-refractivity contribution in [2.24, 2.45) is 0 Å². The summed E-state index contributed by atoms with van der Waals surface area (Å²) in [5.74, 6) is 1.48. The van der Waals surface area contributed by atoms with Gasteiger partial charge in [-0.25, -0.2) is 9.97 Å². The largest absolute Gasteiger partial charge is 0.370 e. The quantitative estimate of drug-likeness (QED) is 0.806. The molecule has 0 bridgehead atoms. The summed E-state index contributed by atoms with van der Waals surface area (Å²) in [5.41, 5.74) is 2.44. The molecule has 0 unspecified atom stereocenters. The highest BCUT2D eigenvalue weighted by atomic mass is 15.0. The number of hydrogen-bond donors (Lipinski definition) is 1. The molecule has 0 aliphatic heterocycles. The summed E-state index contributed by atoms with van der Waals surface area (Å²) in [6.45, 7) is 9.63. The minimum Gasteiger partial charge on any atom is -0.370 e. The van der Waals surface area contributed by atoms with Crippen molar-refractivity contribution >= 4 is 5.82 Å². The second-order valence-electron chi connectivity index (χ2n) is 4.02. The van der Waals surface area contributed by atoms with Gasteiger partial charge in [0.05, 0.1) is 5.69 Å². The maximum atomic E-state index is 4.37. The highest BCUT2D eigenvalue weighted by molar-refractivity contribution is 5.46. The van der Waals surface area contributed by atoms with E-state index in [-0.39, 0.29) is 0 Å². The minimum absolute atomic E-state index is 0.463. The van der Waals surface area contributed by atoms with E-state index >= 15 is 0 Å². The topological polar surface area (TPSA) is 37.8 Å². The normalized spacial score (nSPS) is 10.7. The summed E-state index contributed by atoms with van der Waals surface area (Å²) in [5, 5.41) is 3.36. The van der Waals surface area contributed by atoms with Crippen molar-refractivity contribution in [2.45, 2.75) is 46.5 Å². The molecule has 15 heavy (non-hydrogen) atoms. The lowest BCUT2D eigenvalue weighted by Gasteiger charge is -2.14. The highest BCUT2D eigenvalue weighted by Crippen LogP contribution is 2.22. The fourth-order valence-corrected chi connectivity index (χ4v) is 1.67. The molecule has 1 N–H and O–H groups in total. The molecular weight excluding hydrogens is 186 g/mol. The van der Waals surface area contributed by atoms with Gasteiger partial charge >= 0.3 is 0 Å². The summed E-state index contributed by atoms with van der Waals surface area (Å²) < 4.78 is 0. The number of anilines is 1. The van der Waals surface area contributed by atoms with Gasteiger partial charge < -0.3 is 5.32 Å². The van der Waals surface area contributed by atoms with Gasteiger partial charge in [-0.15, -0.1) is 0 Å². The van der Waals surface area contributed by atoms with Crippen molar-refractivity contribution in [1.29, 1.82) is 0 Å². The van der Waals surface area contributed by atoms with E-state index in [0.717, 1.165) is 25.2 Å². The lowest BCUT2D eigenvalue weighted by molar-refractivity contribution is 0.788. The van der Waals surface area contributed by atoms with E-state index in [1.807, 2.05) is 0 Å². The molecule has 0 radical (unpaired) electrons. The van der Waals surface area contributed by atoms with Crippen LogP contribution in [0.1, 0.15) is 51.3 Å². The lowest BCUT2D eigenvalue weighted by Crippen LogP contribution is -2.09. The maximum Gasteiger partial charge on any atom is 0.132 e. The Labute approximate surface area is 92.3 Å². The van der Waals surface area contributed by atoms with Crippen LogP contribution >= 0.6 is 0 Å². The van der Waals surface area contributed by atoms with Crippen LogP contribution in [0.4, 0.5) is 5.82 Å². The van der Waals surface area contributed by atoms with Gasteiger partial charge in [-0.1, -0.05) is 27.7 Å². The third-order valence-corrected chi connectivity index (χ3v) is 2.42. The summed E-state index contributed by atoms with van der Waals surface area (Å²) in [7, 11) is 0. The molecule has 0 aliphatic carbocycles. The molecule has 1 rings (SSSR count). The summed E-state index contributed by atoms with van der Waals surface area (Å²) in [4.78, 5) is 8.67. The van der Waals surface area contributed by atoms with E-state index in [0.29, 0.717) is 5.92 Å². The third-order valence-electron chi connectivity index (χ3n) is 2.42. The standard InChI is InChI=1S/C12H21N3/c1-5-7-13-12-10(6-2)11(9(3)4)14-8-15-12/h8-9H,5-7H2,1-4H3,(H,13,14,15). The van der Waals surface area contributed by atoms with E-state index in [1.54, 1.807) is 6.33 Å². The Morgan fingerprint density at radius 3 is 2.53 bits per heavy atom. The van der Waals surface area contributed by atoms with Crippen LogP contribution in [0.5, 0.6) is 0 Å². The third kappa shape index (κ3) is 2.91. The SMILES string of the molecule is CCCNc1ncnc(C(C)C)c1CC. The van der Waals surface area contributed by atoms with E-state index in [1.165, 1.54) is 11.3 Å². The Bertz CT molecular complexity index is 308. The second kappa shape index (κ2) is 5.69. The first kappa shape index (κ1) is 12.0. The average molecular weight is 207 g/mol. The smallest absolute Gasteiger partial charge is 0.132 e. The first-order chi connectivity index (χ1) is 7.20. The van der Waals surface area contributed by atoms with Gasteiger partial charge in [0, 0.05) is 12.1 Å². The highest BCUT2D eigenvalue weighted by Gasteiger charge is 2.11. The second-order valence-corrected chi connectivity index (χ2v) is 4.02. The molecule has 3 nitrogen and oxygen atoms in total. The van der Waals surface area contributed by atoms with Crippen molar-refractivity contribution in [1.82, 2.24) is 9.97 Å². The van der Waals surface area contributed by atoms with Gasteiger partial charge in [0.15, 0.2) is 0 Å². The molecule has 0 aliphatic rings. The number of nitrogens with zero attached hydrogens (tertiary/aromatic N) is 2. The van der Waals surface area contributed by atoms with Crippen molar-refractivity contribution in [3.63, 3.8) is 0 Å². The van der Waals surface area contributed by atoms with Crippen LogP contribution in [0.3, 0.4) is 0 Å². The van der Waals surface area contributed by atoms with Crippen LogP contribution in [-0.4, -0.2) is 16.5 Å². The summed E-state index contributed by atoms with van der Waals surface area (Å²) >= 11 is 0. The molecule has 1 aromatic heterocycles. The Morgan fingerprint density at radius 2 is 2.00 bits per heavy atom. The summed E-state index contributed by atoms with van der Waals surface area (Å²) in [6, 6.07) is 0. The van der Waals surface area contributed by atoms with Gasteiger partial charge in [-0.2, -0.15) is 0 Å². The first-order valence-corrected chi connectivity index (χ1v) is 5.78. The lowest BCUT2D eigenvalue weighted by atomic mass is 10.0. The molecular formula is C12H21N3. The van der Waals surface area contributed by atoms with Crippen molar-refractivity contribution < 1.29 is 0 Å². The first-order valence-electron chi connectivity index (χ1n) is 5.78. The number of nitrogens with one attached hydrogen (secondary N) is 1.